The number of anilines is 2. The van der Waals surface area contributed by atoms with Crippen LogP contribution in [-0.2, 0) is 19.4 Å². The maximum Gasteiger partial charge on any atom is 0.233 e. The Morgan fingerprint density at radius 1 is 1.07 bits per heavy atom. The number of carbonyl (C=O) groups is 2. The van der Waals surface area contributed by atoms with Crippen LogP contribution in [0.5, 0.6) is 0 Å². The van der Waals surface area contributed by atoms with Crippen LogP contribution in [0.15, 0.2) is 24.3 Å². The summed E-state index contributed by atoms with van der Waals surface area (Å²) >= 11 is 0. The van der Waals surface area contributed by atoms with Crippen LogP contribution < -0.4 is 10.2 Å². The number of hydrogen-bond acceptors (Lipinski definition) is 5. The summed E-state index contributed by atoms with van der Waals surface area (Å²) in [4.78, 5) is 28.4. The average molecular weight is 396 g/mol. The van der Waals surface area contributed by atoms with Crippen LogP contribution in [-0.4, -0.2) is 62.3 Å². The van der Waals surface area contributed by atoms with Gasteiger partial charge in [-0.25, -0.2) is 8.42 Å². The Morgan fingerprint density at radius 3 is 2.19 bits per heavy atom. The first-order chi connectivity index (χ1) is 12.8. The Balaban J connectivity index is 1.93. The molecule has 1 heterocycles. The highest BCUT2D eigenvalue weighted by atomic mass is 32.2. The molecule has 1 N–H and O–H groups in total. The van der Waals surface area contributed by atoms with Crippen molar-refractivity contribution in [1.29, 1.82) is 0 Å². The van der Waals surface area contributed by atoms with Crippen LogP contribution in [0.1, 0.15) is 33.6 Å². The van der Waals surface area contributed by atoms with E-state index >= 15 is 0 Å². The number of nitrogens with zero attached hydrogens (tertiary/aromatic N) is 2. The molecule has 2 rings (SSSR count). The summed E-state index contributed by atoms with van der Waals surface area (Å²) in [7, 11) is -3.08. The van der Waals surface area contributed by atoms with Gasteiger partial charge in [0, 0.05) is 37.1 Å². The van der Waals surface area contributed by atoms with Gasteiger partial charge in [-0.3, -0.25) is 9.59 Å². The van der Waals surface area contributed by atoms with Gasteiger partial charge in [0.05, 0.1) is 11.5 Å². The Labute approximate surface area is 161 Å². The van der Waals surface area contributed by atoms with E-state index in [2.05, 4.69) is 24.1 Å². The Bertz CT molecular complexity index is 758. The Morgan fingerprint density at radius 2 is 1.70 bits per heavy atom. The van der Waals surface area contributed by atoms with E-state index < -0.39 is 15.7 Å². The highest BCUT2D eigenvalue weighted by Crippen LogP contribution is 2.20. The lowest BCUT2D eigenvalue weighted by molar-refractivity contribution is -0.135. The summed E-state index contributed by atoms with van der Waals surface area (Å²) in [6.07, 6.45) is 0.151. The van der Waals surface area contributed by atoms with Crippen molar-refractivity contribution in [2.45, 2.75) is 39.7 Å². The van der Waals surface area contributed by atoms with Crippen molar-refractivity contribution in [2.75, 3.05) is 41.4 Å². The van der Waals surface area contributed by atoms with E-state index in [1.807, 2.05) is 24.3 Å². The minimum absolute atomic E-state index is 0.0129. The van der Waals surface area contributed by atoms with Gasteiger partial charge < -0.3 is 15.1 Å². The molecule has 1 atom stereocenters. The third kappa shape index (κ3) is 5.69. The quantitative estimate of drug-likeness (QED) is 0.680. The van der Waals surface area contributed by atoms with Crippen molar-refractivity contribution >= 4 is 33.0 Å². The smallest absolute Gasteiger partial charge is 0.233 e. The van der Waals surface area contributed by atoms with Gasteiger partial charge in [0.2, 0.25) is 11.8 Å². The molecule has 0 bridgehead atoms. The molecule has 1 unspecified atom stereocenters. The number of hydrogen-bond donors (Lipinski definition) is 1. The standard InChI is InChI=1S/C19H29N3O4S/c1-4-21(5-2)16-9-7-15(8-10-16)20-18(23)13-19(24)22(6-3)17-11-12-27(25,26)14-17/h7-10,17H,4-6,11-14H2,1-3H3,(H,20,23). The Kier molecular flexibility index (Phi) is 7.24. The lowest BCUT2D eigenvalue weighted by Crippen LogP contribution is -2.42. The molecule has 1 aromatic rings. The molecule has 0 radical (unpaired) electrons. The van der Waals surface area contributed by atoms with E-state index in [0.717, 1.165) is 18.8 Å². The second-order valence-corrected chi connectivity index (χ2v) is 8.91. The van der Waals surface area contributed by atoms with Crippen LogP contribution in [0.25, 0.3) is 0 Å². The third-order valence-electron chi connectivity index (χ3n) is 4.90. The molecule has 1 aliphatic rings. The van der Waals surface area contributed by atoms with Crippen molar-refractivity contribution in [3.63, 3.8) is 0 Å². The summed E-state index contributed by atoms with van der Waals surface area (Å²) in [5.74, 6) is -0.639. The first-order valence-corrected chi connectivity index (χ1v) is 11.3. The molecule has 1 saturated heterocycles. The minimum atomic E-state index is -3.08. The number of nitrogens with one attached hydrogen (secondary N) is 1. The van der Waals surface area contributed by atoms with Crippen LogP contribution in [0.4, 0.5) is 11.4 Å². The number of benzene rings is 1. The molecular formula is C19H29N3O4S. The zero-order valence-corrected chi connectivity index (χ0v) is 17.1. The van der Waals surface area contributed by atoms with Gasteiger partial charge >= 0.3 is 0 Å². The predicted octanol–water partition coefficient (Wildman–Crippen LogP) is 1.90. The number of sulfone groups is 1. The first kappa shape index (κ1) is 21.2. The molecule has 0 aromatic heterocycles. The van der Waals surface area contributed by atoms with Crippen molar-refractivity contribution in [1.82, 2.24) is 4.90 Å². The molecule has 0 aliphatic carbocycles. The zero-order valence-electron chi connectivity index (χ0n) is 16.3. The summed E-state index contributed by atoms with van der Waals surface area (Å²) in [5, 5.41) is 2.74. The molecule has 1 aromatic carbocycles. The van der Waals surface area contributed by atoms with Crippen LogP contribution in [0.3, 0.4) is 0 Å². The fraction of sp³-hybridized carbons (Fsp3) is 0.579. The normalized spacial score (nSPS) is 18.1. The van der Waals surface area contributed by atoms with Crippen molar-refractivity contribution in [3.05, 3.63) is 24.3 Å². The molecule has 0 spiro atoms. The molecule has 27 heavy (non-hydrogen) atoms. The monoisotopic (exact) mass is 395 g/mol. The molecule has 8 heteroatoms. The predicted molar refractivity (Wildman–Crippen MR) is 108 cm³/mol. The summed E-state index contributed by atoms with van der Waals surface area (Å²) in [6, 6.07) is 7.18. The van der Waals surface area contributed by atoms with Gasteiger partial charge in [0.1, 0.15) is 6.42 Å². The fourth-order valence-electron chi connectivity index (χ4n) is 3.45. The summed E-state index contributed by atoms with van der Waals surface area (Å²) in [6.45, 7) is 8.16. The molecule has 2 amide bonds. The summed E-state index contributed by atoms with van der Waals surface area (Å²) in [5.41, 5.74) is 1.71. The molecular weight excluding hydrogens is 366 g/mol. The van der Waals surface area contributed by atoms with E-state index in [0.29, 0.717) is 18.7 Å². The van der Waals surface area contributed by atoms with Crippen LogP contribution in [0, 0.1) is 0 Å². The number of rotatable bonds is 8. The van der Waals surface area contributed by atoms with Crippen LogP contribution in [0.2, 0.25) is 0 Å². The second kappa shape index (κ2) is 9.21. The van der Waals surface area contributed by atoms with Gasteiger partial charge in [-0.15, -0.1) is 0 Å². The van der Waals surface area contributed by atoms with Crippen molar-refractivity contribution in [2.24, 2.45) is 0 Å². The average Bonchev–Trinajstić information content (AvgIpc) is 2.97. The molecule has 1 aliphatic heterocycles. The second-order valence-electron chi connectivity index (χ2n) is 6.68. The van der Waals surface area contributed by atoms with Crippen molar-refractivity contribution in [3.8, 4) is 0 Å². The SMILES string of the molecule is CCN(CC)c1ccc(NC(=O)CC(=O)N(CC)C2CCS(=O)(=O)C2)cc1. The van der Waals surface area contributed by atoms with E-state index in [-0.39, 0.29) is 29.9 Å². The molecule has 0 saturated carbocycles. The highest BCUT2D eigenvalue weighted by molar-refractivity contribution is 7.91. The maximum atomic E-state index is 12.5. The van der Waals surface area contributed by atoms with Gasteiger partial charge in [0.25, 0.3) is 0 Å². The van der Waals surface area contributed by atoms with Gasteiger partial charge in [-0.1, -0.05) is 0 Å². The first-order valence-electron chi connectivity index (χ1n) is 9.44. The Hall–Kier alpha value is -2.09. The largest absolute Gasteiger partial charge is 0.372 e. The lowest BCUT2D eigenvalue weighted by Gasteiger charge is -2.26. The minimum Gasteiger partial charge on any atom is -0.372 e. The van der Waals surface area contributed by atoms with E-state index in [1.165, 1.54) is 4.90 Å². The van der Waals surface area contributed by atoms with E-state index in [9.17, 15) is 18.0 Å². The van der Waals surface area contributed by atoms with Gasteiger partial charge in [-0.05, 0) is 51.5 Å². The van der Waals surface area contributed by atoms with E-state index in [4.69, 9.17) is 0 Å². The number of carbonyl (C=O) groups excluding carboxylic acids is 2. The van der Waals surface area contributed by atoms with Gasteiger partial charge in [-0.2, -0.15) is 0 Å². The number of amides is 2. The van der Waals surface area contributed by atoms with Gasteiger partial charge in [0.15, 0.2) is 9.84 Å². The zero-order chi connectivity index (χ0) is 20.0. The van der Waals surface area contributed by atoms with E-state index in [1.54, 1.807) is 6.92 Å². The summed E-state index contributed by atoms with van der Waals surface area (Å²) < 4.78 is 23.3. The molecule has 150 valence electrons. The van der Waals surface area contributed by atoms with Crippen molar-refractivity contribution < 1.29 is 18.0 Å². The molecule has 7 nitrogen and oxygen atoms in total. The lowest BCUT2D eigenvalue weighted by atomic mass is 10.2. The van der Waals surface area contributed by atoms with Crippen LogP contribution >= 0.6 is 0 Å². The molecule has 1 fully saturated rings. The third-order valence-corrected chi connectivity index (χ3v) is 6.65. The topological polar surface area (TPSA) is 86.8 Å². The highest BCUT2D eigenvalue weighted by Gasteiger charge is 2.34. The fourth-order valence-corrected chi connectivity index (χ4v) is 5.18. The maximum absolute atomic E-state index is 12.5.